The van der Waals surface area contributed by atoms with Gasteiger partial charge in [0.25, 0.3) is 0 Å². The number of aliphatic hydroxyl groups is 1. The normalized spacial score (nSPS) is 54.0. The van der Waals surface area contributed by atoms with E-state index < -0.39 is 6.10 Å². The van der Waals surface area contributed by atoms with Crippen molar-refractivity contribution in [3.05, 3.63) is 0 Å². The van der Waals surface area contributed by atoms with Crippen molar-refractivity contribution in [3.63, 3.8) is 0 Å². The third-order valence-electron chi connectivity index (χ3n) is 7.45. The maximum Gasteiger partial charge on any atom is 0.145 e. The van der Waals surface area contributed by atoms with E-state index >= 15 is 0 Å². The van der Waals surface area contributed by atoms with Gasteiger partial charge >= 0.3 is 0 Å². The van der Waals surface area contributed by atoms with Gasteiger partial charge in [-0.3, -0.25) is 4.79 Å². The van der Waals surface area contributed by atoms with E-state index in [0.717, 1.165) is 25.7 Å². The predicted octanol–water partition coefficient (Wildman–Crippen LogP) is 3.19. The SMILES string of the molecule is CCC[C@H]1C[C@@H](C)[C@H]2[C@H](O)[C@H]3OC[C@]2(C1=O)[C@@H]1CCCCC13. The lowest BCUT2D eigenvalue weighted by Gasteiger charge is -2.66. The standard InChI is InChI=1S/C19H30O3/c1-3-6-12-9-11(2)15-16(20)17-13-7-4-5-8-14(13)19(15,10-22-17)18(12)21/h11-17,20H,3-10H2,1-2H3/t11-,12+,13?,14-,15+,16+,17+,19+/m1/s1. The second kappa shape index (κ2) is 5.31. The molecule has 22 heavy (non-hydrogen) atoms. The van der Waals surface area contributed by atoms with Gasteiger partial charge in [0.1, 0.15) is 5.78 Å². The predicted molar refractivity (Wildman–Crippen MR) is 84.3 cm³/mol. The van der Waals surface area contributed by atoms with E-state index in [9.17, 15) is 9.90 Å². The highest BCUT2D eigenvalue weighted by Gasteiger charge is 2.69. The monoisotopic (exact) mass is 306 g/mol. The van der Waals surface area contributed by atoms with Crippen LogP contribution < -0.4 is 0 Å². The van der Waals surface area contributed by atoms with Crippen LogP contribution >= 0.6 is 0 Å². The van der Waals surface area contributed by atoms with E-state index in [1.807, 2.05) is 0 Å². The number of aliphatic hydroxyl groups excluding tert-OH is 1. The van der Waals surface area contributed by atoms with Gasteiger partial charge in [0, 0.05) is 11.8 Å². The highest BCUT2D eigenvalue weighted by atomic mass is 16.5. The summed E-state index contributed by atoms with van der Waals surface area (Å²) in [7, 11) is 0. The molecule has 0 amide bonds. The fourth-order valence-electron chi connectivity index (χ4n) is 6.80. The molecule has 3 saturated carbocycles. The van der Waals surface area contributed by atoms with Crippen molar-refractivity contribution < 1.29 is 14.6 Å². The van der Waals surface area contributed by atoms with Gasteiger partial charge in [-0.1, -0.05) is 33.1 Å². The maximum absolute atomic E-state index is 13.5. The number of Topliss-reactive ketones (excluding diaryl/α,β-unsaturated/α-hetero) is 1. The van der Waals surface area contributed by atoms with Gasteiger partial charge in [-0.25, -0.2) is 0 Å². The zero-order valence-electron chi connectivity index (χ0n) is 14.0. The molecule has 8 atom stereocenters. The minimum absolute atomic E-state index is 0.00449. The fourth-order valence-corrected chi connectivity index (χ4v) is 6.80. The molecule has 2 saturated heterocycles. The molecule has 5 aliphatic rings. The van der Waals surface area contributed by atoms with E-state index in [0.29, 0.717) is 30.1 Å². The van der Waals surface area contributed by atoms with Gasteiger partial charge in [0.05, 0.1) is 24.2 Å². The first-order valence-corrected chi connectivity index (χ1v) is 9.45. The quantitative estimate of drug-likeness (QED) is 0.852. The molecule has 0 radical (unpaired) electrons. The smallest absolute Gasteiger partial charge is 0.145 e. The van der Waals surface area contributed by atoms with Crippen LogP contribution in [0, 0.1) is 35.0 Å². The summed E-state index contributed by atoms with van der Waals surface area (Å²) in [6, 6.07) is 0. The summed E-state index contributed by atoms with van der Waals surface area (Å²) in [4.78, 5) is 13.5. The lowest BCUT2D eigenvalue weighted by Crippen LogP contribution is -2.73. The first-order chi connectivity index (χ1) is 10.6. The van der Waals surface area contributed by atoms with Crippen LogP contribution in [0.4, 0.5) is 0 Å². The molecule has 0 aromatic rings. The van der Waals surface area contributed by atoms with E-state index in [1.165, 1.54) is 19.3 Å². The molecule has 2 aliphatic heterocycles. The topological polar surface area (TPSA) is 46.5 Å². The van der Waals surface area contributed by atoms with Crippen LogP contribution in [0.2, 0.25) is 0 Å². The van der Waals surface area contributed by atoms with Crippen LogP contribution in [0.5, 0.6) is 0 Å². The molecular weight excluding hydrogens is 276 g/mol. The van der Waals surface area contributed by atoms with Crippen LogP contribution in [0.15, 0.2) is 0 Å². The Bertz CT molecular complexity index is 462. The molecule has 1 N–H and O–H groups in total. The molecule has 3 aliphatic carbocycles. The fraction of sp³-hybridized carbons (Fsp3) is 0.947. The highest BCUT2D eigenvalue weighted by molar-refractivity contribution is 5.89. The lowest BCUT2D eigenvalue weighted by atomic mass is 9.42. The molecule has 0 aromatic heterocycles. The third kappa shape index (κ3) is 1.78. The largest absolute Gasteiger partial charge is 0.390 e. The van der Waals surface area contributed by atoms with Crippen molar-refractivity contribution in [2.45, 2.75) is 71.0 Å². The Morgan fingerprint density at radius 2 is 2.09 bits per heavy atom. The summed E-state index contributed by atoms with van der Waals surface area (Å²) < 4.78 is 6.09. The molecule has 124 valence electrons. The van der Waals surface area contributed by atoms with Crippen LogP contribution in [-0.2, 0) is 9.53 Å². The molecule has 2 bridgehead atoms. The number of carbonyl (C=O) groups is 1. The highest BCUT2D eigenvalue weighted by Crippen LogP contribution is 2.63. The van der Waals surface area contributed by atoms with Crippen molar-refractivity contribution in [1.82, 2.24) is 0 Å². The number of hydrogen-bond acceptors (Lipinski definition) is 3. The number of hydrogen-bond donors (Lipinski definition) is 1. The number of carbonyl (C=O) groups excluding carboxylic acids is 1. The number of ether oxygens (including phenoxy) is 1. The Hall–Kier alpha value is -0.410. The van der Waals surface area contributed by atoms with Gasteiger partial charge in [-0.2, -0.15) is 0 Å². The van der Waals surface area contributed by atoms with Crippen molar-refractivity contribution in [2.24, 2.45) is 35.0 Å². The molecule has 2 heterocycles. The lowest BCUT2D eigenvalue weighted by molar-refractivity contribution is -0.283. The Labute approximate surface area is 133 Å². The zero-order chi connectivity index (χ0) is 15.5. The third-order valence-corrected chi connectivity index (χ3v) is 7.45. The Morgan fingerprint density at radius 1 is 1.32 bits per heavy atom. The Morgan fingerprint density at radius 3 is 2.86 bits per heavy atom. The van der Waals surface area contributed by atoms with Crippen molar-refractivity contribution in [2.75, 3.05) is 6.61 Å². The molecular formula is C19H30O3. The van der Waals surface area contributed by atoms with Gasteiger partial charge in [-0.05, 0) is 43.4 Å². The summed E-state index contributed by atoms with van der Waals surface area (Å²) in [5, 5.41) is 11.0. The first-order valence-electron chi connectivity index (χ1n) is 9.45. The van der Waals surface area contributed by atoms with Crippen LogP contribution in [0.25, 0.3) is 0 Å². The van der Waals surface area contributed by atoms with Crippen LogP contribution in [0.1, 0.15) is 58.8 Å². The maximum atomic E-state index is 13.5. The summed E-state index contributed by atoms with van der Waals surface area (Å²) >= 11 is 0. The average molecular weight is 306 g/mol. The molecule has 5 fully saturated rings. The number of rotatable bonds is 2. The Balaban J connectivity index is 1.78. The molecule has 5 rings (SSSR count). The average Bonchev–Trinajstić information content (AvgIpc) is 2.53. The molecule has 0 aromatic carbocycles. The van der Waals surface area contributed by atoms with E-state index in [-0.39, 0.29) is 23.4 Å². The second-order valence-electron chi connectivity index (χ2n) is 8.45. The minimum atomic E-state index is -0.422. The minimum Gasteiger partial charge on any atom is -0.390 e. The number of fused-ring (bicyclic) bond motifs is 1. The summed E-state index contributed by atoms with van der Waals surface area (Å²) in [6.45, 7) is 5.03. The summed E-state index contributed by atoms with van der Waals surface area (Å²) in [5.41, 5.74) is -0.364. The first kappa shape index (κ1) is 15.1. The number of ketones is 1. The Kier molecular flexibility index (Phi) is 3.65. The van der Waals surface area contributed by atoms with Crippen LogP contribution in [0.3, 0.4) is 0 Å². The van der Waals surface area contributed by atoms with E-state index in [2.05, 4.69) is 13.8 Å². The van der Waals surface area contributed by atoms with Crippen molar-refractivity contribution >= 4 is 5.78 Å². The molecule has 3 heteroatoms. The summed E-state index contributed by atoms with van der Waals surface area (Å²) in [5.74, 6) is 2.13. The molecule has 3 nitrogen and oxygen atoms in total. The molecule has 1 unspecified atom stereocenters. The van der Waals surface area contributed by atoms with Crippen LogP contribution in [-0.4, -0.2) is 29.7 Å². The van der Waals surface area contributed by atoms with Gasteiger partial charge in [-0.15, -0.1) is 0 Å². The van der Waals surface area contributed by atoms with Gasteiger partial charge in [0.2, 0.25) is 0 Å². The van der Waals surface area contributed by atoms with E-state index in [4.69, 9.17) is 4.74 Å². The van der Waals surface area contributed by atoms with Gasteiger partial charge in [0.15, 0.2) is 0 Å². The van der Waals surface area contributed by atoms with E-state index in [1.54, 1.807) is 0 Å². The summed E-state index contributed by atoms with van der Waals surface area (Å²) in [6.07, 6.45) is 7.42. The van der Waals surface area contributed by atoms with Gasteiger partial charge < -0.3 is 9.84 Å². The second-order valence-corrected chi connectivity index (χ2v) is 8.45. The molecule has 1 spiro atoms. The zero-order valence-corrected chi connectivity index (χ0v) is 14.0. The van der Waals surface area contributed by atoms with Crippen molar-refractivity contribution in [3.8, 4) is 0 Å². The van der Waals surface area contributed by atoms with Crippen molar-refractivity contribution in [1.29, 1.82) is 0 Å².